The molecule has 37 heavy (non-hydrogen) atoms. The highest BCUT2D eigenvalue weighted by Gasteiger charge is 2.30. The fraction of sp³-hybridized carbons (Fsp3) is 0.214. The maximum Gasteiger partial charge on any atom is 0.274 e. The Bertz CT molecular complexity index is 1610. The van der Waals surface area contributed by atoms with Gasteiger partial charge >= 0.3 is 0 Å². The molecule has 5 rings (SSSR count). The van der Waals surface area contributed by atoms with Gasteiger partial charge in [-0.15, -0.1) is 0 Å². The molecule has 2 heterocycles. The van der Waals surface area contributed by atoms with Crippen LogP contribution in [0.5, 0.6) is 5.75 Å². The van der Waals surface area contributed by atoms with Gasteiger partial charge in [0.2, 0.25) is 0 Å². The second-order valence-corrected chi connectivity index (χ2v) is 12.7. The van der Waals surface area contributed by atoms with E-state index < -0.39 is 7.14 Å². The molecule has 3 aromatic carbocycles. The van der Waals surface area contributed by atoms with Crippen molar-refractivity contribution in [2.24, 2.45) is 5.10 Å². The summed E-state index contributed by atoms with van der Waals surface area (Å²) in [6, 6.07) is 20.9. The van der Waals surface area contributed by atoms with Crippen LogP contribution in [0.3, 0.4) is 0 Å². The van der Waals surface area contributed by atoms with Crippen molar-refractivity contribution in [3.8, 4) is 5.75 Å². The van der Waals surface area contributed by atoms with Gasteiger partial charge in [-0.25, -0.2) is 4.39 Å². The standard InChI is InChI=1S/C28H28FN4O3P/c1-37(2,36)24-10-6-3-7-20(24)17-30-31-27-23-9-5-4-8-22(23)26(34)25-28(35)32(15-16-33(25)27)18-19-11-13-21(29)14-12-19/h3-14,30,34H,15-18H2,1-2H3/b31-27-. The molecule has 0 radical (unpaired) electrons. The number of nitrogens with zero attached hydrogens (tertiary/aromatic N) is 3. The molecule has 0 fully saturated rings. The molecule has 4 aromatic rings. The van der Waals surface area contributed by atoms with Crippen molar-refractivity contribution in [2.45, 2.75) is 19.6 Å². The van der Waals surface area contributed by atoms with E-state index in [-0.39, 0.29) is 23.2 Å². The molecule has 1 aliphatic heterocycles. The van der Waals surface area contributed by atoms with Crippen LogP contribution in [-0.4, -0.2) is 40.4 Å². The van der Waals surface area contributed by atoms with Gasteiger partial charge in [0.1, 0.15) is 13.0 Å². The quantitative estimate of drug-likeness (QED) is 0.299. The number of hydrogen-bond donors (Lipinski definition) is 2. The molecule has 0 spiro atoms. The molecule has 2 N–H and O–H groups in total. The Morgan fingerprint density at radius 3 is 2.38 bits per heavy atom. The molecule has 190 valence electrons. The van der Waals surface area contributed by atoms with Crippen molar-refractivity contribution in [1.82, 2.24) is 14.9 Å². The molecule has 1 amide bonds. The molecule has 1 aliphatic rings. The molecule has 9 heteroatoms. The van der Waals surface area contributed by atoms with Gasteiger partial charge in [0, 0.05) is 35.7 Å². The van der Waals surface area contributed by atoms with E-state index in [1.165, 1.54) is 12.1 Å². The van der Waals surface area contributed by atoms with Crippen molar-refractivity contribution < 1.29 is 18.9 Å². The number of aromatic hydroxyl groups is 1. The number of aromatic nitrogens is 1. The third-order valence-corrected chi connectivity index (χ3v) is 8.17. The van der Waals surface area contributed by atoms with Gasteiger partial charge in [-0.05, 0) is 36.6 Å². The van der Waals surface area contributed by atoms with E-state index in [0.717, 1.165) is 16.4 Å². The highest BCUT2D eigenvalue weighted by atomic mass is 31.2. The van der Waals surface area contributed by atoms with E-state index in [1.54, 1.807) is 47.1 Å². The minimum absolute atomic E-state index is 0.0911. The summed E-state index contributed by atoms with van der Waals surface area (Å²) in [5.41, 5.74) is 5.50. The minimum atomic E-state index is -2.47. The first-order valence-corrected chi connectivity index (χ1v) is 14.6. The maximum absolute atomic E-state index is 13.5. The van der Waals surface area contributed by atoms with Crippen molar-refractivity contribution in [1.29, 1.82) is 0 Å². The smallest absolute Gasteiger partial charge is 0.274 e. The summed E-state index contributed by atoms with van der Waals surface area (Å²) in [7, 11) is -2.47. The second-order valence-electron chi connectivity index (χ2n) is 9.50. The summed E-state index contributed by atoms with van der Waals surface area (Å²) >= 11 is 0. The fourth-order valence-electron chi connectivity index (χ4n) is 4.76. The summed E-state index contributed by atoms with van der Waals surface area (Å²) in [5, 5.41) is 17.8. The Hall–Kier alpha value is -3.90. The van der Waals surface area contributed by atoms with Gasteiger partial charge in [-0.2, -0.15) is 5.10 Å². The average Bonchev–Trinajstić information content (AvgIpc) is 2.88. The zero-order valence-corrected chi connectivity index (χ0v) is 21.6. The van der Waals surface area contributed by atoms with E-state index in [1.807, 2.05) is 36.4 Å². The number of pyridine rings is 1. The lowest BCUT2D eigenvalue weighted by molar-refractivity contribution is 0.0681. The van der Waals surface area contributed by atoms with E-state index >= 15 is 0 Å². The van der Waals surface area contributed by atoms with Crippen LogP contribution in [-0.2, 0) is 24.2 Å². The Kier molecular flexibility index (Phi) is 6.61. The number of halogens is 1. The predicted octanol–water partition coefficient (Wildman–Crippen LogP) is 4.00. The van der Waals surface area contributed by atoms with E-state index in [0.29, 0.717) is 42.4 Å². The fourth-order valence-corrected chi connectivity index (χ4v) is 6.05. The van der Waals surface area contributed by atoms with E-state index in [2.05, 4.69) is 10.5 Å². The molecule has 7 nitrogen and oxygen atoms in total. The van der Waals surface area contributed by atoms with Crippen LogP contribution in [0.25, 0.3) is 10.8 Å². The van der Waals surface area contributed by atoms with Crippen LogP contribution >= 0.6 is 7.14 Å². The predicted molar refractivity (Wildman–Crippen MR) is 143 cm³/mol. The van der Waals surface area contributed by atoms with Gasteiger partial charge in [0.15, 0.2) is 16.9 Å². The van der Waals surface area contributed by atoms with Crippen LogP contribution in [0.15, 0.2) is 77.9 Å². The number of fused-ring (bicyclic) bond motifs is 2. The summed E-state index contributed by atoms with van der Waals surface area (Å²) in [5.74, 6) is -0.745. The Balaban J connectivity index is 1.54. The maximum atomic E-state index is 13.5. The number of carbonyl (C=O) groups excluding carboxylic acids is 1. The second kappa shape index (κ2) is 9.87. The zero-order valence-electron chi connectivity index (χ0n) is 20.7. The SMILES string of the molecule is CP(C)(=O)c1ccccc1CN/N=c1/c2ccccc2c(O)c2n1CCN(Cc1ccc(F)cc1)C2=O. The summed E-state index contributed by atoms with van der Waals surface area (Å²) < 4.78 is 27.8. The van der Waals surface area contributed by atoms with Gasteiger partial charge in [-0.3, -0.25) is 4.79 Å². The molecule has 0 unspecified atom stereocenters. The highest BCUT2D eigenvalue weighted by molar-refractivity contribution is 7.70. The number of nitrogens with one attached hydrogen (secondary N) is 1. The van der Waals surface area contributed by atoms with Crippen LogP contribution in [0.4, 0.5) is 4.39 Å². The first-order valence-electron chi connectivity index (χ1n) is 12.0. The topological polar surface area (TPSA) is 86.9 Å². The van der Waals surface area contributed by atoms with Gasteiger partial charge < -0.3 is 24.6 Å². The van der Waals surface area contributed by atoms with Crippen molar-refractivity contribution >= 4 is 29.1 Å². The molecule has 0 saturated carbocycles. The third kappa shape index (κ3) is 4.89. The van der Waals surface area contributed by atoms with Gasteiger partial charge in [-0.1, -0.05) is 60.7 Å². The molecular formula is C28H28FN4O3P. The molecular weight excluding hydrogens is 490 g/mol. The lowest BCUT2D eigenvalue weighted by Gasteiger charge is -2.31. The van der Waals surface area contributed by atoms with E-state index in [9.17, 15) is 18.9 Å². The average molecular weight is 519 g/mol. The Morgan fingerprint density at radius 1 is 0.973 bits per heavy atom. The molecule has 0 bridgehead atoms. The third-order valence-electron chi connectivity index (χ3n) is 6.57. The number of rotatable bonds is 6. The first kappa shape index (κ1) is 24.8. The Morgan fingerprint density at radius 2 is 1.65 bits per heavy atom. The monoisotopic (exact) mass is 518 g/mol. The molecule has 1 aromatic heterocycles. The van der Waals surface area contributed by atoms with Gasteiger partial charge in [0.25, 0.3) is 5.91 Å². The first-order chi connectivity index (χ1) is 17.7. The number of amides is 1. The lowest BCUT2D eigenvalue weighted by atomic mass is 10.1. The van der Waals surface area contributed by atoms with Crippen LogP contribution in [0.1, 0.15) is 21.6 Å². The van der Waals surface area contributed by atoms with E-state index in [4.69, 9.17) is 0 Å². The highest BCUT2D eigenvalue weighted by Crippen LogP contribution is 2.36. The van der Waals surface area contributed by atoms with Crippen molar-refractivity contribution in [2.75, 3.05) is 19.9 Å². The number of benzene rings is 3. The summed E-state index contributed by atoms with van der Waals surface area (Å²) in [4.78, 5) is 15.2. The molecule has 0 saturated heterocycles. The molecule has 0 aliphatic carbocycles. The molecule has 0 atom stereocenters. The van der Waals surface area contributed by atoms with Crippen LogP contribution in [0, 0.1) is 5.82 Å². The summed E-state index contributed by atoms with van der Waals surface area (Å²) in [6.07, 6.45) is 0. The summed E-state index contributed by atoms with van der Waals surface area (Å²) in [6.45, 7) is 4.98. The zero-order chi connectivity index (χ0) is 26.2. The number of hydrogen-bond acceptors (Lipinski definition) is 5. The van der Waals surface area contributed by atoms with Crippen molar-refractivity contribution in [3.05, 3.63) is 101 Å². The van der Waals surface area contributed by atoms with Crippen LogP contribution < -0.4 is 16.2 Å². The lowest BCUT2D eigenvalue weighted by Crippen LogP contribution is -2.44. The van der Waals surface area contributed by atoms with Crippen LogP contribution in [0.2, 0.25) is 0 Å². The normalized spacial score (nSPS) is 14.2. The Labute approximate surface area is 214 Å². The minimum Gasteiger partial charge on any atom is -0.505 e. The van der Waals surface area contributed by atoms with Crippen molar-refractivity contribution in [3.63, 3.8) is 0 Å². The number of carbonyl (C=O) groups is 1. The largest absolute Gasteiger partial charge is 0.505 e. The van der Waals surface area contributed by atoms with Gasteiger partial charge in [0.05, 0.1) is 6.54 Å².